The number of likely N-dealkylation sites (tertiary alicyclic amines) is 1. The number of nitrogens with zero attached hydrogens (tertiary/aromatic N) is 2. The summed E-state index contributed by atoms with van der Waals surface area (Å²) in [5.41, 5.74) is 6.79. The van der Waals surface area contributed by atoms with Crippen LogP contribution in [0.15, 0.2) is 0 Å². The van der Waals surface area contributed by atoms with E-state index in [0.29, 0.717) is 5.82 Å². The highest BCUT2D eigenvalue weighted by atomic mass is 32.1. The molecule has 2 rings (SSSR count). The van der Waals surface area contributed by atoms with Gasteiger partial charge in [0.05, 0.1) is 0 Å². The van der Waals surface area contributed by atoms with Gasteiger partial charge in [-0.3, -0.25) is 0 Å². The molecule has 0 aliphatic carbocycles. The molecule has 1 aliphatic rings. The van der Waals surface area contributed by atoms with Crippen LogP contribution >= 0.6 is 11.5 Å². The third kappa shape index (κ3) is 2.86. The summed E-state index contributed by atoms with van der Waals surface area (Å²) in [6.45, 7) is 6.64. The first kappa shape index (κ1) is 11.7. The van der Waals surface area contributed by atoms with E-state index >= 15 is 0 Å². The van der Waals surface area contributed by atoms with E-state index in [0.717, 1.165) is 23.7 Å². The van der Waals surface area contributed by atoms with Crippen molar-refractivity contribution < 1.29 is 0 Å². The van der Waals surface area contributed by atoms with Gasteiger partial charge in [-0.05, 0) is 44.4 Å². The van der Waals surface area contributed by atoms with Crippen molar-refractivity contribution in [2.75, 3.05) is 37.2 Å². The lowest BCUT2D eigenvalue weighted by Gasteiger charge is -2.26. The van der Waals surface area contributed by atoms with Crippen molar-refractivity contribution in [1.82, 2.24) is 9.27 Å². The van der Waals surface area contributed by atoms with Gasteiger partial charge in [-0.1, -0.05) is 6.42 Å². The molecule has 0 radical (unpaired) electrons. The van der Waals surface area contributed by atoms with Crippen LogP contribution in [0.5, 0.6) is 0 Å². The lowest BCUT2D eigenvalue weighted by molar-refractivity contribution is 0.237. The maximum atomic E-state index is 5.70. The predicted octanol–water partition coefficient (Wildman–Crippen LogP) is 1.93. The Labute approximate surface area is 101 Å². The number of aromatic nitrogens is 1. The van der Waals surface area contributed by atoms with Gasteiger partial charge in [0, 0.05) is 18.7 Å². The molecule has 0 spiro atoms. The minimum Gasteiger partial charge on any atom is -0.383 e. The average Bonchev–Trinajstić information content (AvgIpc) is 2.62. The van der Waals surface area contributed by atoms with Crippen LogP contribution in [0.1, 0.15) is 24.8 Å². The number of nitrogens with one attached hydrogen (secondary N) is 1. The first-order chi connectivity index (χ1) is 7.77. The number of nitrogen functional groups attached to an aromatic ring is 1. The summed E-state index contributed by atoms with van der Waals surface area (Å²) in [7, 11) is 0. The third-order valence-electron chi connectivity index (χ3n) is 3.12. The minimum atomic E-state index is 0.658. The normalized spacial score (nSPS) is 17.6. The molecule has 0 bridgehead atoms. The van der Waals surface area contributed by atoms with Gasteiger partial charge < -0.3 is 16.0 Å². The zero-order chi connectivity index (χ0) is 11.4. The Morgan fingerprint density at radius 2 is 2.12 bits per heavy atom. The van der Waals surface area contributed by atoms with Crippen LogP contribution < -0.4 is 11.1 Å². The smallest absolute Gasteiger partial charge is 0.142 e. The molecule has 1 aliphatic heterocycles. The standard InChI is InChI=1S/C11H20N4S/c1-9-10(12)14-16-11(9)13-5-8-15-6-3-2-4-7-15/h13H,2-8H2,1H3,(H2,12,14). The van der Waals surface area contributed by atoms with Crippen LogP contribution in [0, 0.1) is 6.92 Å². The predicted molar refractivity (Wildman–Crippen MR) is 70.0 cm³/mol. The molecule has 0 atom stereocenters. The van der Waals surface area contributed by atoms with Gasteiger partial charge in [0.2, 0.25) is 0 Å². The Kier molecular flexibility index (Phi) is 4.01. The highest BCUT2D eigenvalue weighted by Crippen LogP contribution is 2.24. The van der Waals surface area contributed by atoms with Crippen LogP contribution in [-0.4, -0.2) is 35.5 Å². The molecule has 16 heavy (non-hydrogen) atoms. The Morgan fingerprint density at radius 1 is 1.38 bits per heavy atom. The van der Waals surface area contributed by atoms with E-state index in [1.807, 2.05) is 6.92 Å². The fourth-order valence-corrected chi connectivity index (χ4v) is 2.76. The van der Waals surface area contributed by atoms with E-state index in [9.17, 15) is 0 Å². The van der Waals surface area contributed by atoms with Crippen molar-refractivity contribution >= 4 is 22.4 Å². The SMILES string of the molecule is Cc1c(N)nsc1NCCN1CCCCC1. The molecular formula is C11H20N4S. The number of rotatable bonds is 4. The van der Waals surface area contributed by atoms with E-state index in [-0.39, 0.29) is 0 Å². The number of anilines is 2. The summed E-state index contributed by atoms with van der Waals surface area (Å²) < 4.78 is 4.12. The topological polar surface area (TPSA) is 54.2 Å². The van der Waals surface area contributed by atoms with Crippen molar-refractivity contribution in [3.8, 4) is 0 Å². The Morgan fingerprint density at radius 3 is 2.75 bits per heavy atom. The quantitative estimate of drug-likeness (QED) is 0.844. The number of hydrogen-bond donors (Lipinski definition) is 2. The molecule has 1 aromatic heterocycles. The molecular weight excluding hydrogens is 220 g/mol. The third-order valence-corrected chi connectivity index (χ3v) is 4.04. The summed E-state index contributed by atoms with van der Waals surface area (Å²) in [4.78, 5) is 2.52. The zero-order valence-corrected chi connectivity index (χ0v) is 10.6. The van der Waals surface area contributed by atoms with Gasteiger partial charge in [0.25, 0.3) is 0 Å². The largest absolute Gasteiger partial charge is 0.383 e. The maximum absolute atomic E-state index is 5.70. The molecule has 0 saturated carbocycles. The van der Waals surface area contributed by atoms with Gasteiger partial charge >= 0.3 is 0 Å². The first-order valence-electron chi connectivity index (χ1n) is 5.95. The lowest BCUT2D eigenvalue weighted by Crippen LogP contribution is -2.33. The summed E-state index contributed by atoms with van der Waals surface area (Å²) in [6, 6.07) is 0. The fraction of sp³-hybridized carbons (Fsp3) is 0.727. The van der Waals surface area contributed by atoms with Gasteiger partial charge in [-0.2, -0.15) is 4.37 Å². The molecule has 1 fully saturated rings. The molecule has 4 nitrogen and oxygen atoms in total. The van der Waals surface area contributed by atoms with Gasteiger partial charge in [0.1, 0.15) is 10.8 Å². The van der Waals surface area contributed by atoms with Gasteiger partial charge in [-0.15, -0.1) is 0 Å². The zero-order valence-electron chi connectivity index (χ0n) is 9.83. The molecule has 1 saturated heterocycles. The van der Waals surface area contributed by atoms with Crippen molar-refractivity contribution in [2.45, 2.75) is 26.2 Å². The maximum Gasteiger partial charge on any atom is 0.142 e. The number of hydrogen-bond acceptors (Lipinski definition) is 5. The molecule has 90 valence electrons. The molecule has 0 amide bonds. The van der Waals surface area contributed by atoms with Crippen LogP contribution in [-0.2, 0) is 0 Å². The van der Waals surface area contributed by atoms with Crippen LogP contribution in [0.25, 0.3) is 0 Å². The summed E-state index contributed by atoms with van der Waals surface area (Å²) >= 11 is 1.46. The molecule has 1 aromatic rings. The van der Waals surface area contributed by atoms with Crippen molar-refractivity contribution in [2.24, 2.45) is 0 Å². The highest BCUT2D eigenvalue weighted by molar-refractivity contribution is 7.10. The summed E-state index contributed by atoms with van der Waals surface area (Å²) in [5.74, 6) is 0.658. The summed E-state index contributed by atoms with van der Waals surface area (Å²) in [6.07, 6.45) is 4.10. The van der Waals surface area contributed by atoms with Crippen LogP contribution in [0.3, 0.4) is 0 Å². The second kappa shape index (κ2) is 5.50. The first-order valence-corrected chi connectivity index (χ1v) is 6.72. The molecule has 3 N–H and O–H groups in total. The Hall–Kier alpha value is -0.810. The monoisotopic (exact) mass is 240 g/mol. The second-order valence-electron chi connectivity index (χ2n) is 4.35. The molecule has 0 aromatic carbocycles. The Balaban J connectivity index is 1.73. The molecule has 0 unspecified atom stereocenters. The lowest BCUT2D eigenvalue weighted by atomic mass is 10.1. The fourth-order valence-electron chi connectivity index (χ4n) is 2.02. The van der Waals surface area contributed by atoms with E-state index in [2.05, 4.69) is 14.6 Å². The number of nitrogens with two attached hydrogens (primary N) is 1. The van der Waals surface area contributed by atoms with Crippen molar-refractivity contribution in [3.63, 3.8) is 0 Å². The number of piperidine rings is 1. The summed E-state index contributed by atoms with van der Waals surface area (Å²) in [5, 5.41) is 4.54. The van der Waals surface area contributed by atoms with Crippen LogP contribution in [0.2, 0.25) is 0 Å². The van der Waals surface area contributed by atoms with Crippen molar-refractivity contribution in [3.05, 3.63) is 5.56 Å². The van der Waals surface area contributed by atoms with E-state index < -0.39 is 0 Å². The van der Waals surface area contributed by atoms with Crippen molar-refractivity contribution in [1.29, 1.82) is 0 Å². The highest BCUT2D eigenvalue weighted by Gasteiger charge is 2.10. The van der Waals surface area contributed by atoms with E-state index in [1.54, 1.807) is 0 Å². The minimum absolute atomic E-state index is 0.658. The van der Waals surface area contributed by atoms with E-state index in [4.69, 9.17) is 5.73 Å². The Bertz CT molecular complexity index is 331. The molecule has 2 heterocycles. The molecule has 5 heteroatoms. The average molecular weight is 240 g/mol. The van der Waals surface area contributed by atoms with E-state index in [1.165, 1.54) is 43.9 Å². The van der Waals surface area contributed by atoms with Crippen LogP contribution in [0.4, 0.5) is 10.8 Å². The van der Waals surface area contributed by atoms with Gasteiger partial charge in [-0.25, -0.2) is 0 Å². The second-order valence-corrected chi connectivity index (χ2v) is 5.12. The van der Waals surface area contributed by atoms with Gasteiger partial charge in [0.15, 0.2) is 0 Å².